The molecule has 2 aromatic carbocycles. The maximum atomic E-state index is 13.9. The van der Waals surface area contributed by atoms with Crippen molar-refractivity contribution in [1.29, 1.82) is 0 Å². The second kappa shape index (κ2) is 5.01. The molecule has 3 rings (SSSR count). The molecule has 21 heavy (non-hydrogen) atoms. The fraction of sp³-hybridized carbons (Fsp3) is 0.125. The van der Waals surface area contributed by atoms with E-state index in [9.17, 15) is 14.0 Å². The van der Waals surface area contributed by atoms with Gasteiger partial charge in [-0.25, -0.2) is 4.39 Å². The van der Waals surface area contributed by atoms with Crippen molar-refractivity contribution in [3.05, 3.63) is 58.9 Å². The van der Waals surface area contributed by atoms with Crippen molar-refractivity contribution in [3.8, 4) is 5.75 Å². The summed E-state index contributed by atoms with van der Waals surface area (Å²) >= 11 is 0. The van der Waals surface area contributed by atoms with Gasteiger partial charge >= 0.3 is 0 Å². The molecule has 4 nitrogen and oxygen atoms in total. The highest BCUT2D eigenvalue weighted by molar-refractivity contribution is 6.10. The van der Waals surface area contributed by atoms with Crippen molar-refractivity contribution < 1.29 is 18.7 Å². The molecule has 0 saturated heterocycles. The Labute approximate surface area is 120 Å². The van der Waals surface area contributed by atoms with Gasteiger partial charge in [-0.05, 0) is 35.9 Å². The van der Waals surface area contributed by atoms with Crippen molar-refractivity contribution in [2.45, 2.75) is 6.42 Å². The van der Waals surface area contributed by atoms with E-state index in [0.29, 0.717) is 17.0 Å². The maximum Gasteiger partial charge on any atom is 0.228 e. The summed E-state index contributed by atoms with van der Waals surface area (Å²) in [7, 11) is 1.43. The van der Waals surface area contributed by atoms with Crippen LogP contribution in [0.2, 0.25) is 0 Å². The third-order valence-electron chi connectivity index (χ3n) is 3.41. The molecule has 106 valence electrons. The smallest absolute Gasteiger partial charge is 0.228 e. The highest BCUT2D eigenvalue weighted by atomic mass is 19.1. The van der Waals surface area contributed by atoms with Gasteiger partial charge in [-0.1, -0.05) is 0 Å². The number of rotatable bonds is 3. The molecule has 1 heterocycles. The number of benzene rings is 2. The van der Waals surface area contributed by atoms with Gasteiger partial charge in [-0.3, -0.25) is 9.59 Å². The van der Waals surface area contributed by atoms with E-state index < -0.39 is 11.6 Å². The Morgan fingerprint density at radius 1 is 1.24 bits per heavy atom. The molecule has 2 aromatic rings. The minimum Gasteiger partial charge on any atom is -0.497 e. The second-order valence-electron chi connectivity index (χ2n) is 4.77. The van der Waals surface area contributed by atoms with Crippen LogP contribution in [0, 0.1) is 5.82 Å². The standard InChI is InChI=1S/C16H12FNO3/c1-21-11-3-4-12(13(17)8-11)16(20)9-2-5-14-10(6-9)7-15(19)18-14/h2-6,8H,7H2,1H3,(H,18,19). The molecule has 0 aliphatic carbocycles. The van der Waals surface area contributed by atoms with E-state index >= 15 is 0 Å². The molecule has 0 fully saturated rings. The number of hydrogen-bond donors (Lipinski definition) is 1. The molecule has 1 aliphatic heterocycles. The zero-order valence-electron chi connectivity index (χ0n) is 11.3. The number of halogens is 1. The first kappa shape index (κ1) is 13.3. The van der Waals surface area contributed by atoms with Gasteiger partial charge in [0.2, 0.25) is 5.91 Å². The van der Waals surface area contributed by atoms with E-state index in [1.165, 1.54) is 25.3 Å². The van der Waals surface area contributed by atoms with E-state index in [-0.39, 0.29) is 17.9 Å². The Morgan fingerprint density at radius 2 is 2.05 bits per heavy atom. The summed E-state index contributed by atoms with van der Waals surface area (Å²) in [6, 6.07) is 8.97. The Bertz CT molecular complexity index is 755. The maximum absolute atomic E-state index is 13.9. The van der Waals surface area contributed by atoms with E-state index in [2.05, 4.69) is 5.32 Å². The molecule has 0 atom stereocenters. The van der Waals surface area contributed by atoms with Gasteiger partial charge in [0, 0.05) is 17.3 Å². The number of amides is 1. The SMILES string of the molecule is COc1ccc(C(=O)c2ccc3c(c2)CC(=O)N3)c(F)c1. The number of nitrogens with one attached hydrogen (secondary N) is 1. The molecule has 0 radical (unpaired) electrons. The predicted octanol–water partition coefficient (Wildman–Crippen LogP) is 2.56. The molecule has 1 amide bonds. The largest absolute Gasteiger partial charge is 0.497 e. The first-order valence-corrected chi connectivity index (χ1v) is 6.39. The summed E-state index contributed by atoms with van der Waals surface area (Å²) in [6.07, 6.45) is 0.238. The Kier molecular flexibility index (Phi) is 3.17. The summed E-state index contributed by atoms with van der Waals surface area (Å²) in [4.78, 5) is 23.7. The normalized spacial score (nSPS) is 12.8. The minimum atomic E-state index is -0.631. The molecule has 0 bridgehead atoms. The van der Waals surface area contributed by atoms with Crippen LogP contribution in [0.5, 0.6) is 5.75 Å². The third-order valence-corrected chi connectivity index (χ3v) is 3.41. The fourth-order valence-corrected chi connectivity index (χ4v) is 2.33. The number of fused-ring (bicyclic) bond motifs is 1. The summed E-state index contributed by atoms with van der Waals surface area (Å²) in [5, 5.41) is 2.69. The lowest BCUT2D eigenvalue weighted by Crippen LogP contribution is -2.05. The average Bonchev–Trinajstić information content (AvgIpc) is 2.85. The summed E-state index contributed by atoms with van der Waals surface area (Å²) in [5.74, 6) is -0.802. The molecule has 0 aromatic heterocycles. The van der Waals surface area contributed by atoms with E-state index in [0.717, 1.165) is 5.56 Å². The first-order chi connectivity index (χ1) is 10.1. The molecule has 0 saturated carbocycles. The highest BCUT2D eigenvalue weighted by Crippen LogP contribution is 2.26. The number of methoxy groups -OCH3 is 1. The predicted molar refractivity (Wildman–Crippen MR) is 75.2 cm³/mol. The Balaban J connectivity index is 1.96. The van der Waals surface area contributed by atoms with Crippen LogP contribution in [0.1, 0.15) is 21.5 Å². The molecular formula is C16H12FNO3. The van der Waals surface area contributed by atoms with Crippen molar-refractivity contribution >= 4 is 17.4 Å². The van der Waals surface area contributed by atoms with Crippen LogP contribution in [0.15, 0.2) is 36.4 Å². The lowest BCUT2D eigenvalue weighted by atomic mass is 10.00. The van der Waals surface area contributed by atoms with Crippen LogP contribution >= 0.6 is 0 Å². The minimum absolute atomic E-state index is 0.0203. The molecule has 5 heteroatoms. The van der Waals surface area contributed by atoms with Crippen molar-refractivity contribution in [2.75, 3.05) is 12.4 Å². The lowest BCUT2D eigenvalue weighted by Gasteiger charge is -2.06. The van der Waals surface area contributed by atoms with Crippen LogP contribution in [0.4, 0.5) is 10.1 Å². The fourth-order valence-electron chi connectivity index (χ4n) is 2.33. The van der Waals surface area contributed by atoms with Crippen LogP contribution in [0.3, 0.4) is 0 Å². The number of ketones is 1. The van der Waals surface area contributed by atoms with E-state index in [4.69, 9.17) is 4.74 Å². The van der Waals surface area contributed by atoms with Gasteiger partial charge in [-0.2, -0.15) is 0 Å². The van der Waals surface area contributed by atoms with Crippen LogP contribution in [0.25, 0.3) is 0 Å². The van der Waals surface area contributed by atoms with Crippen LogP contribution in [-0.2, 0) is 11.2 Å². The average molecular weight is 285 g/mol. The van der Waals surface area contributed by atoms with Crippen molar-refractivity contribution in [2.24, 2.45) is 0 Å². The van der Waals surface area contributed by atoms with Gasteiger partial charge in [0.1, 0.15) is 11.6 Å². The van der Waals surface area contributed by atoms with Gasteiger partial charge in [0.25, 0.3) is 0 Å². The summed E-state index contributed by atoms with van der Waals surface area (Å²) < 4.78 is 18.9. The summed E-state index contributed by atoms with van der Waals surface area (Å²) in [6.45, 7) is 0. The zero-order chi connectivity index (χ0) is 15.0. The van der Waals surface area contributed by atoms with Crippen molar-refractivity contribution in [3.63, 3.8) is 0 Å². The van der Waals surface area contributed by atoms with Gasteiger partial charge < -0.3 is 10.1 Å². The second-order valence-corrected chi connectivity index (χ2v) is 4.77. The number of carbonyl (C=O) groups is 2. The number of ether oxygens (including phenoxy) is 1. The quantitative estimate of drug-likeness (QED) is 0.882. The highest BCUT2D eigenvalue weighted by Gasteiger charge is 2.21. The van der Waals surface area contributed by atoms with Gasteiger partial charge in [0.05, 0.1) is 19.1 Å². The molecule has 1 aliphatic rings. The third kappa shape index (κ3) is 2.38. The van der Waals surface area contributed by atoms with Crippen molar-refractivity contribution in [1.82, 2.24) is 0 Å². The number of hydrogen-bond acceptors (Lipinski definition) is 3. The number of carbonyl (C=O) groups excluding carboxylic acids is 2. The van der Waals surface area contributed by atoms with Crippen LogP contribution < -0.4 is 10.1 Å². The topological polar surface area (TPSA) is 55.4 Å². The first-order valence-electron chi connectivity index (χ1n) is 6.39. The molecular weight excluding hydrogens is 273 g/mol. The molecule has 0 spiro atoms. The Hall–Kier alpha value is -2.69. The lowest BCUT2D eigenvalue weighted by molar-refractivity contribution is -0.115. The van der Waals surface area contributed by atoms with E-state index in [1.54, 1.807) is 18.2 Å². The van der Waals surface area contributed by atoms with E-state index in [1.807, 2.05) is 0 Å². The summed E-state index contributed by atoms with van der Waals surface area (Å²) in [5.41, 5.74) is 1.79. The van der Waals surface area contributed by atoms with Gasteiger partial charge in [-0.15, -0.1) is 0 Å². The van der Waals surface area contributed by atoms with Crippen LogP contribution in [-0.4, -0.2) is 18.8 Å². The molecule has 1 N–H and O–H groups in total. The number of anilines is 1. The Morgan fingerprint density at radius 3 is 2.76 bits per heavy atom. The monoisotopic (exact) mass is 285 g/mol. The molecule has 0 unspecified atom stereocenters. The van der Waals surface area contributed by atoms with Gasteiger partial charge in [0.15, 0.2) is 5.78 Å². The zero-order valence-corrected chi connectivity index (χ0v) is 11.3.